The first kappa shape index (κ1) is 17.7. The summed E-state index contributed by atoms with van der Waals surface area (Å²) in [5.74, 6) is 2.11. The van der Waals surface area contributed by atoms with E-state index in [1.54, 1.807) is 31.2 Å². The van der Waals surface area contributed by atoms with Crippen molar-refractivity contribution >= 4 is 11.9 Å². The van der Waals surface area contributed by atoms with Crippen LogP contribution in [-0.2, 0) is 10.3 Å². The molecule has 3 amide bonds. The van der Waals surface area contributed by atoms with Crippen LogP contribution in [0.4, 0.5) is 4.79 Å². The number of amides is 3. The minimum atomic E-state index is -1.19. The molecule has 0 bridgehead atoms. The molecule has 0 saturated carbocycles. The minimum Gasteiger partial charge on any atom is -0.486 e. The Labute approximate surface area is 167 Å². The zero-order chi connectivity index (χ0) is 20.0. The number of hydrogen-bond donors (Lipinski definition) is 1. The molecule has 0 aromatic heterocycles. The fraction of sp³-hybridized carbons (Fsp3) is 0.333. The number of benzene rings is 2. The molecule has 0 aliphatic carbocycles. The van der Waals surface area contributed by atoms with Gasteiger partial charge in [-0.3, -0.25) is 9.69 Å². The predicted molar refractivity (Wildman–Crippen MR) is 101 cm³/mol. The maximum absolute atomic E-state index is 13.2. The Hall–Kier alpha value is -3.42. The Morgan fingerprint density at radius 2 is 1.72 bits per heavy atom. The van der Waals surface area contributed by atoms with E-state index in [2.05, 4.69) is 5.32 Å². The molecule has 2 aromatic carbocycles. The maximum atomic E-state index is 13.2. The van der Waals surface area contributed by atoms with Crippen LogP contribution >= 0.6 is 0 Å². The summed E-state index contributed by atoms with van der Waals surface area (Å²) >= 11 is 0. The van der Waals surface area contributed by atoms with Gasteiger partial charge in [0.15, 0.2) is 29.1 Å². The second-order valence-corrected chi connectivity index (χ2v) is 7.33. The Morgan fingerprint density at radius 1 is 1.00 bits per heavy atom. The molecule has 150 valence electrons. The maximum Gasteiger partial charge on any atom is 0.325 e. The second kappa shape index (κ2) is 6.58. The van der Waals surface area contributed by atoms with E-state index in [-0.39, 0.29) is 19.1 Å². The van der Waals surface area contributed by atoms with E-state index in [0.717, 1.165) is 0 Å². The summed E-state index contributed by atoms with van der Waals surface area (Å²) in [6, 6.07) is 12.1. The second-order valence-electron chi connectivity index (χ2n) is 7.33. The lowest BCUT2D eigenvalue weighted by Crippen LogP contribution is -2.45. The van der Waals surface area contributed by atoms with Crippen LogP contribution in [0, 0.1) is 0 Å². The molecule has 29 heavy (non-hydrogen) atoms. The number of rotatable bonds is 3. The number of carbonyl (C=O) groups is 2. The molecular formula is C21H20N2O6. The summed E-state index contributed by atoms with van der Waals surface area (Å²) in [6.45, 7) is 2.97. The summed E-state index contributed by atoms with van der Waals surface area (Å²) in [4.78, 5) is 27.0. The van der Waals surface area contributed by atoms with Gasteiger partial charge in [-0.25, -0.2) is 4.79 Å². The van der Waals surface area contributed by atoms with E-state index in [1.807, 2.05) is 18.2 Å². The van der Waals surface area contributed by atoms with Crippen LogP contribution in [0.15, 0.2) is 42.5 Å². The monoisotopic (exact) mass is 396 g/mol. The van der Waals surface area contributed by atoms with Gasteiger partial charge < -0.3 is 24.3 Å². The van der Waals surface area contributed by atoms with Crippen LogP contribution in [0.5, 0.6) is 23.0 Å². The number of ether oxygens (including phenoxy) is 4. The zero-order valence-corrected chi connectivity index (χ0v) is 15.8. The summed E-state index contributed by atoms with van der Waals surface area (Å²) < 4.78 is 22.7. The van der Waals surface area contributed by atoms with Crippen molar-refractivity contribution in [3.63, 3.8) is 0 Å². The molecule has 3 aliphatic heterocycles. The standard InChI is InChI=1S/C21H20N2O6/c1-21(13-6-7-16-18(10-13)27-9-8-26-16)19(24)23(20(25)22-21)11-14-12-28-15-4-2-3-5-17(15)29-14/h2-7,10,14H,8-9,11-12H2,1H3,(H,22,25)/t14-,21+/m0/s1. The van der Waals surface area contributed by atoms with Crippen LogP contribution in [0.3, 0.4) is 0 Å². The Balaban J connectivity index is 1.36. The number of hydrogen-bond acceptors (Lipinski definition) is 6. The number of urea groups is 1. The van der Waals surface area contributed by atoms with Crippen molar-refractivity contribution < 1.29 is 28.5 Å². The number of nitrogens with one attached hydrogen (secondary N) is 1. The fourth-order valence-electron chi connectivity index (χ4n) is 3.77. The zero-order valence-electron chi connectivity index (χ0n) is 15.8. The van der Waals surface area contributed by atoms with Crippen LogP contribution in [0.25, 0.3) is 0 Å². The molecule has 3 aliphatic rings. The molecule has 8 nitrogen and oxygen atoms in total. The molecule has 0 spiro atoms. The molecule has 0 radical (unpaired) electrons. The van der Waals surface area contributed by atoms with Gasteiger partial charge in [0.2, 0.25) is 0 Å². The quantitative estimate of drug-likeness (QED) is 0.800. The number of imide groups is 1. The summed E-state index contributed by atoms with van der Waals surface area (Å²) in [5, 5.41) is 2.81. The van der Waals surface area contributed by atoms with Gasteiger partial charge in [0.1, 0.15) is 25.4 Å². The van der Waals surface area contributed by atoms with E-state index in [0.29, 0.717) is 41.8 Å². The Bertz CT molecular complexity index is 993. The van der Waals surface area contributed by atoms with E-state index in [9.17, 15) is 9.59 Å². The first-order chi connectivity index (χ1) is 14.0. The molecule has 5 rings (SSSR count). The van der Waals surface area contributed by atoms with Crippen molar-refractivity contribution in [3.8, 4) is 23.0 Å². The van der Waals surface area contributed by atoms with Crippen molar-refractivity contribution in [2.24, 2.45) is 0 Å². The van der Waals surface area contributed by atoms with E-state index >= 15 is 0 Å². The van der Waals surface area contributed by atoms with Crippen molar-refractivity contribution in [2.45, 2.75) is 18.6 Å². The lowest BCUT2D eigenvalue weighted by Gasteiger charge is -2.29. The highest BCUT2D eigenvalue weighted by Gasteiger charge is 2.50. The highest BCUT2D eigenvalue weighted by molar-refractivity contribution is 6.07. The average Bonchev–Trinajstić information content (AvgIpc) is 2.97. The summed E-state index contributed by atoms with van der Waals surface area (Å²) in [6.07, 6.45) is -0.442. The van der Waals surface area contributed by atoms with Crippen molar-refractivity contribution in [1.29, 1.82) is 0 Å². The van der Waals surface area contributed by atoms with Gasteiger partial charge in [0.05, 0.1) is 6.54 Å². The van der Waals surface area contributed by atoms with Gasteiger partial charge in [0, 0.05) is 0 Å². The minimum absolute atomic E-state index is 0.0964. The van der Waals surface area contributed by atoms with E-state index in [4.69, 9.17) is 18.9 Å². The smallest absolute Gasteiger partial charge is 0.325 e. The Morgan fingerprint density at radius 3 is 2.55 bits per heavy atom. The van der Waals surface area contributed by atoms with Gasteiger partial charge in [-0.15, -0.1) is 0 Å². The molecule has 1 N–H and O–H groups in total. The summed E-state index contributed by atoms with van der Waals surface area (Å²) in [5.41, 5.74) is -0.561. The largest absolute Gasteiger partial charge is 0.486 e. The lowest BCUT2D eigenvalue weighted by atomic mass is 9.91. The molecule has 1 saturated heterocycles. The van der Waals surface area contributed by atoms with E-state index in [1.165, 1.54) is 4.90 Å². The number of nitrogens with zero attached hydrogens (tertiary/aromatic N) is 1. The SMILES string of the molecule is C[C@]1(c2ccc3c(c2)OCCO3)NC(=O)N(C[C@H]2COc3ccccc3O2)C1=O. The first-order valence-corrected chi connectivity index (χ1v) is 9.47. The molecule has 0 unspecified atom stereocenters. The number of para-hydroxylation sites is 2. The third kappa shape index (κ3) is 2.91. The predicted octanol–water partition coefficient (Wildman–Crippen LogP) is 2.06. The highest BCUT2D eigenvalue weighted by atomic mass is 16.6. The average molecular weight is 396 g/mol. The van der Waals surface area contributed by atoms with Gasteiger partial charge in [-0.2, -0.15) is 0 Å². The highest BCUT2D eigenvalue weighted by Crippen LogP contribution is 2.37. The molecule has 3 heterocycles. The van der Waals surface area contributed by atoms with Crippen LogP contribution < -0.4 is 24.3 Å². The molecule has 2 atom stereocenters. The van der Waals surface area contributed by atoms with Crippen LogP contribution in [0.1, 0.15) is 12.5 Å². The number of carbonyl (C=O) groups excluding carboxylic acids is 2. The molecular weight excluding hydrogens is 376 g/mol. The molecule has 2 aromatic rings. The van der Waals surface area contributed by atoms with Crippen molar-refractivity contribution in [3.05, 3.63) is 48.0 Å². The van der Waals surface area contributed by atoms with Crippen molar-refractivity contribution in [2.75, 3.05) is 26.4 Å². The van der Waals surface area contributed by atoms with Crippen molar-refractivity contribution in [1.82, 2.24) is 10.2 Å². The van der Waals surface area contributed by atoms with Gasteiger partial charge in [-0.05, 0) is 36.8 Å². The van der Waals surface area contributed by atoms with E-state index < -0.39 is 17.7 Å². The third-order valence-electron chi connectivity index (χ3n) is 5.35. The van der Waals surface area contributed by atoms with Crippen LogP contribution in [-0.4, -0.2) is 49.3 Å². The van der Waals surface area contributed by atoms with Crippen LogP contribution in [0.2, 0.25) is 0 Å². The fourth-order valence-corrected chi connectivity index (χ4v) is 3.77. The third-order valence-corrected chi connectivity index (χ3v) is 5.35. The van der Waals surface area contributed by atoms with Gasteiger partial charge in [-0.1, -0.05) is 18.2 Å². The molecule has 1 fully saturated rings. The Kier molecular flexibility index (Phi) is 4.01. The summed E-state index contributed by atoms with van der Waals surface area (Å²) in [7, 11) is 0. The van der Waals surface area contributed by atoms with Gasteiger partial charge in [0.25, 0.3) is 5.91 Å². The first-order valence-electron chi connectivity index (χ1n) is 9.47. The topological polar surface area (TPSA) is 86.3 Å². The molecule has 8 heteroatoms. The normalized spacial score (nSPS) is 25.0. The lowest BCUT2D eigenvalue weighted by molar-refractivity contribution is -0.132. The van der Waals surface area contributed by atoms with Gasteiger partial charge >= 0.3 is 6.03 Å². The number of fused-ring (bicyclic) bond motifs is 2.